The van der Waals surface area contributed by atoms with Crippen LogP contribution in [0, 0.1) is 0 Å². The Morgan fingerprint density at radius 3 is 1.82 bits per heavy atom. The lowest BCUT2D eigenvalue weighted by atomic mass is 10.1. The van der Waals surface area contributed by atoms with Gasteiger partial charge in [0.05, 0.1) is 0 Å². The predicted octanol–water partition coefficient (Wildman–Crippen LogP) is 4.28. The molecular formula is C9H16Br2. The van der Waals surface area contributed by atoms with Gasteiger partial charge in [-0.3, -0.25) is 0 Å². The molecule has 0 nitrogen and oxygen atoms in total. The fraction of sp³-hybridized carbons (Fsp3) is 0.778. The van der Waals surface area contributed by atoms with Gasteiger partial charge in [0.1, 0.15) is 0 Å². The van der Waals surface area contributed by atoms with Gasteiger partial charge in [-0.05, 0) is 32.6 Å². The number of rotatable bonds is 6. The molecule has 0 aromatic rings. The van der Waals surface area contributed by atoms with Crippen LogP contribution in [0.3, 0.4) is 0 Å². The van der Waals surface area contributed by atoms with Crippen molar-refractivity contribution >= 4 is 31.9 Å². The maximum absolute atomic E-state index is 3.44. The molecule has 0 saturated heterocycles. The predicted molar refractivity (Wildman–Crippen MR) is 59.8 cm³/mol. The Hall–Kier alpha value is 0.700. The van der Waals surface area contributed by atoms with Crippen molar-refractivity contribution in [3.63, 3.8) is 0 Å². The first-order valence-corrected chi connectivity index (χ1v) is 6.35. The third kappa shape index (κ3) is 7.07. The van der Waals surface area contributed by atoms with Crippen LogP contribution >= 0.6 is 31.9 Å². The van der Waals surface area contributed by atoms with Crippen molar-refractivity contribution in [3.8, 4) is 0 Å². The van der Waals surface area contributed by atoms with Gasteiger partial charge in [0.15, 0.2) is 0 Å². The molecule has 0 atom stereocenters. The molecular weight excluding hydrogens is 268 g/mol. The van der Waals surface area contributed by atoms with Gasteiger partial charge in [0.25, 0.3) is 0 Å². The summed E-state index contributed by atoms with van der Waals surface area (Å²) in [6.07, 6.45) is 7.30. The molecule has 0 rings (SSSR count). The minimum absolute atomic E-state index is 1.12. The molecule has 0 spiro atoms. The van der Waals surface area contributed by atoms with Crippen molar-refractivity contribution in [1.29, 1.82) is 0 Å². The Morgan fingerprint density at radius 2 is 1.55 bits per heavy atom. The molecule has 0 bridgehead atoms. The van der Waals surface area contributed by atoms with E-state index in [0.29, 0.717) is 0 Å². The monoisotopic (exact) mass is 282 g/mol. The van der Waals surface area contributed by atoms with E-state index in [2.05, 4.69) is 44.9 Å². The van der Waals surface area contributed by atoms with Gasteiger partial charge in [-0.2, -0.15) is 0 Å². The highest BCUT2D eigenvalue weighted by atomic mass is 79.9. The largest absolute Gasteiger partial charge is 0.0928 e. The van der Waals surface area contributed by atoms with Crippen molar-refractivity contribution in [2.24, 2.45) is 0 Å². The van der Waals surface area contributed by atoms with Gasteiger partial charge >= 0.3 is 0 Å². The first-order valence-electron chi connectivity index (χ1n) is 4.11. The van der Waals surface area contributed by atoms with Crippen LogP contribution in [-0.2, 0) is 0 Å². The van der Waals surface area contributed by atoms with Crippen LogP contribution in [0.2, 0.25) is 0 Å². The van der Waals surface area contributed by atoms with Crippen molar-refractivity contribution in [2.75, 3.05) is 10.7 Å². The number of allylic oxidation sites excluding steroid dienone is 2. The van der Waals surface area contributed by atoms with E-state index >= 15 is 0 Å². The van der Waals surface area contributed by atoms with E-state index in [-0.39, 0.29) is 0 Å². The summed E-state index contributed by atoms with van der Waals surface area (Å²) in [4.78, 5) is 0. The lowest BCUT2D eigenvalue weighted by Crippen LogP contribution is -1.86. The summed E-state index contributed by atoms with van der Waals surface area (Å²) in [5, 5.41) is 2.25. The quantitative estimate of drug-likeness (QED) is 0.504. The maximum atomic E-state index is 3.44. The Kier molecular flexibility index (Phi) is 9.35. The highest BCUT2D eigenvalue weighted by molar-refractivity contribution is 9.09. The van der Waals surface area contributed by atoms with Gasteiger partial charge in [-0.25, -0.2) is 0 Å². The molecule has 0 aromatic heterocycles. The summed E-state index contributed by atoms with van der Waals surface area (Å²) in [5.74, 6) is 0. The van der Waals surface area contributed by atoms with Crippen LogP contribution in [0.25, 0.3) is 0 Å². The molecule has 11 heavy (non-hydrogen) atoms. The molecule has 0 unspecified atom stereocenters. The average molecular weight is 284 g/mol. The maximum Gasteiger partial charge on any atom is 0.00343 e. The van der Waals surface area contributed by atoms with Gasteiger partial charge in [0.2, 0.25) is 0 Å². The van der Waals surface area contributed by atoms with Crippen molar-refractivity contribution in [1.82, 2.24) is 0 Å². The summed E-state index contributed by atoms with van der Waals surface area (Å²) in [6, 6.07) is 0. The van der Waals surface area contributed by atoms with E-state index in [1.165, 1.54) is 25.7 Å². The van der Waals surface area contributed by atoms with Crippen LogP contribution in [0.4, 0.5) is 0 Å². The molecule has 0 radical (unpaired) electrons. The minimum atomic E-state index is 1.12. The van der Waals surface area contributed by atoms with Gasteiger partial charge in [-0.1, -0.05) is 43.5 Å². The molecule has 0 aliphatic carbocycles. The van der Waals surface area contributed by atoms with E-state index in [9.17, 15) is 0 Å². The zero-order valence-corrected chi connectivity index (χ0v) is 10.2. The fourth-order valence-corrected chi connectivity index (χ4v) is 1.56. The van der Waals surface area contributed by atoms with Crippen LogP contribution in [0.1, 0.15) is 32.6 Å². The Labute approximate surface area is 86.7 Å². The molecule has 0 aliphatic rings. The number of hydrogen-bond acceptors (Lipinski definition) is 0. The van der Waals surface area contributed by atoms with E-state index in [1.807, 2.05) is 0 Å². The van der Waals surface area contributed by atoms with Gasteiger partial charge in [-0.15, -0.1) is 0 Å². The third-order valence-corrected chi connectivity index (χ3v) is 2.79. The molecule has 0 aromatic carbocycles. The van der Waals surface area contributed by atoms with Crippen molar-refractivity contribution in [2.45, 2.75) is 32.6 Å². The van der Waals surface area contributed by atoms with Crippen LogP contribution in [-0.4, -0.2) is 10.7 Å². The van der Waals surface area contributed by atoms with Gasteiger partial charge < -0.3 is 0 Å². The fourth-order valence-electron chi connectivity index (χ4n) is 1.00. The average Bonchev–Trinajstić information content (AvgIpc) is 2.05. The van der Waals surface area contributed by atoms with E-state index in [4.69, 9.17) is 0 Å². The Balaban J connectivity index is 3.43. The smallest absolute Gasteiger partial charge is 0.00343 e. The standard InChI is InChI=1S/C9H16Br2/c1-2-9(5-3-7-10)6-4-8-11/h2H,3-8H2,1H3. The van der Waals surface area contributed by atoms with E-state index in [1.54, 1.807) is 5.57 Å². The lowest BCUT2D eigenvalue weighted by Gasteiger charge is -2.03. The molecule has 0 amide bonds. The molecule has 0 N–H and O–H groups in total. The topological polar surface area (TPSA) is 0 Å². The zero-order chi connectivity index (χ0) is 8.53. The molecule has 0 fully saturated rings. The lowest BCUT2D eigenvalue weighted by molar-refractivity contribution is 0.814. The highest BCUT2D eigenvalue weighted by Gasteiger charge is 1.94. The number of hydrogen-bond donors (Lipinski definition) is 0. The van der Waals surface area contributed by atoms with E-state index < -0.39 is 0 Å². The Bertz CT molecular complexity index is 98.1. The number of halogens is 2. The molecule has 66 valence electrons. The second-order valence-corrected chi connectivity index (χ2v) is 4.12. The molecule has 0 heterocycles. The normalized spacial score (nSPS) is 9.73. The first-order chi connectivity index (χ1) is 5.35. The second kappa shape index (κ2) is 8.79. The van der Waals surface area contributed by atoms with Crippen molar-refractivity contribution < 1.29 is 0 Å². The van der Waals surface area contributed by atoms with Crippen LogP contribution in [0.15, 0.2) is 11.6 Å². The SMILES string of the molecule is CC=C(CCCBr)CCCBr. The third-order valence-electron chi connectivity index (χ3n) is 1.67. The summed E-state index contributed by atoms with van der Waals surface area (Å²) < 4.78 is 0. The van der Waals surface area contributed by atoms with Crippen LogP contribution < -0.4 is 0 Å². The molecule has 0 saturated carbocycles. The van der Waals surface area contributed by atoms with Gasteiger partial charge in [0, 0.05) is 10.7 Å². The summed E-state index contributed by atoms with van der Waals surface area (Å²) >= 11 is 6.88. The summed E-state index contributed by atoms with van der Waals surface area (Å²) in [7, 11) is 0. The molecule has 2 heteroatoms. The zero-order valence-electron chi connectivity index (χ0n) is 7.08. The summed E-state index contributed by atoms with van der Waals surface area (Å²) in [5.41, 5.74) is 1.60. The first kappa shape index (κ1) is 11.7. The van der Waals surface area contributed by atoms with E-state index in [0.717, 1.165) is 10.7 Å². The number of alkyl halides is 2. The van der Waals surface area contributed by atoms with Crippen molar-refractivity contribution in [3.05, 3.63) is 11.6 Å². The minimum Gasteiger partial charge on any atom is -0.0928 e. The molecule has 0 aliphatic heterocycles. The Morgan fingerprint density at radius 1 is 1.09 bits per heavy atom. The summed E-state index contributed by atoms with van der Waals surface area (Å²) in [6.45, 7) is 2.14. The van der Waals surface area contributed by atoms with Crippen LogP contribution in [0.5, 0.6) is 0 Å². The second-order valence-electron chi connectivity index (χ2n) is 2.53. The highest BCUT2D eigenvalue weighted by Crippen LogP contribution is 2.13.